The van der Waals surface area contributed by atoms with Crippen LogP contribution in [-0.2, 0) is 11.3 Å². The normalized spacial score (nSPS) is 11.8. The van der Waals surface area contributed by atoms with Crippen molar-refractivity contribution in [3.05, 3.63) is 66.9 Å². The van der Waals surface area contributed by atoms with Crippen LogP contribution in [0.4, 0.5) is 0 Å². The van der Waals surface area contributed by atoms with Crippen molar-refractivity contribution in [2.75, 3.05) is 0 Å². The van der Waals surface area contributed by atoms with Gasteiger partial charge in [-0.3, -0.25) is 4.79 Å². The van der Waals surface area contributed by atoms with Crippen LogP contribution >= 0.6 is 0 Å². The van der Waals surface area contributed by atoms with Gasteiger partial charge in [-0.25, -0.2) is 4.98 Å². The second-order valence-corrected chi connectivity index (χ2v) is 4.24. The van der Waals surface area contributed by atoms with E-state index in [4.69, 9.17) is 4.42 Å². The number of benzene rings is 1. The summed E-state index contributed by atoms with van der Waals surface area (Å²) < 4.78 is 5.27. The molecule has 0 radical (unpaired) electrons. The number of aromatic nitrogens is 1. The van der Waals surface area contributed by atoms with Crippen LogP contribution in [0.1, 0.15) is 24.3 Å². The lowest BCUT2D eigenvalue weighted by Crippen LogP contribution is -2.31. The van der Waals surface area contributed by atoms with Crippen molar-refractivity contribution in [2.45, 2.75) is 19.5 Å². The van der Waals surface area contributed by atoms with Crippen LogP contribution in [0.2, 0.25) is 0 Å². The average molecular weight is 256 g/mol. The van der Waals surface area contributed by atoms with Crippen molar-refractivity contribution in [3.8, 4) is 0 Å². The fourth-order valence-corrected chi connectivity index (χ4v) is 1.89. The lowest BCUT2D eigenvalue weighted by atomic mass is 10.1. The zero-order valence-electron chi connectivity index (χ0n) is 10.8. The predicted octanol–water partition coefficient (Wildman–Crippen LogP) is 2.95. The van der Waals surface area contributed by atoms with Gasteiger partial charge in [-0.15, -0.1) is 0 Å². The fraction of sp³-hybridized carbons (Fsp3) is 0.200. The fourth-order valence-electron chi connectivity index (χ4n) is 1.89. The molecule has 0 fully saturated rings. The molecule has 0 unspecified atom stereocenters. The largest absolute Gasteiger partial charge is 0.446 e. The summed E-state index contributed by atoms with van der Waals surface area (Å²) >= 11 is 0. The third-order valence-electron chi connectivity index (χ3n) is 2.98. The van der Waals surface area contributed by atoms with Gasteiger partial charge in [-0.2, -0.15) is 0 Å². The minimum Gasteiger partial charge on any atom is -0.446 e. The Hall–Kier alpha value is -2.36. The first-order valence-electron chi connectivity index (χ1n) is 6.07. The van der Waals surface area contributed by atoms with Gasteiger partial charge in [0, 0.05) is 6.54 Å². The first-order valence-corrected chi connectivity index (χ1v) is 6.07. The molecule has 2 aromatic rings. The number of rotatable bonds is 5. The van der Waals surface area contributed by atoms with Crippen LogP contribution in [-0.4, -0.2) is 15.8 Å². The van der Waals surface area contributed by atoms with Gasteiger partial charge < -0.3 is 9.32 Å². The quantitative estimate of drug-likeness (QED) is 0.773. The molecule has 4 nitrogen and oxygen atoms in total. The highest BCUT2D eigenvalue weighted by atomic mass is 16.3. The lowest BCUT2D eigenvalue weighted by Gasteiger charge is -2.26. The lowest BCUT2D eigenvalue weighted by molar-refractivity contribution is -0.129. The Labute approximate surface area is 112 Å². The summed E-state index contributed by atoms with van der Waals surface area (Å²) in [5.41, 5.74) is 1.06. The SMILES string of the molecule is C=CC(=O)N(Cc1ccccc1)[C@@H](C)c1cnco1. The molecule has 0 aliphatic rings. The molecule has 0 spiro atoms. The van der Waals surface area contributed by atoms with Gasteiger partial charge in [0.25, 0.3) is 0 Å². The van der Waals surface area contributed by atoms with Crippen molar-refractivity contribution in [1.82, 2.24) is 9.88 Å². The van der Waals surface area contributed by atoms with E-state index in [2.05, 4.69) is 11.6 Å². The smallest absolute Gasteiger partial charge is 0.246 e. The minimum absolute atomic E-state index is 0.132. The summed E-state index contributed by atoms with van der Waals surface area (Å²) in [6, 6.07) is 9.62. The third kappa shape index (κ3) is 3.10. The van der Waals surface area contributed by atoms with Crippen molar-refractivity contribution in [3.63, 3.8) is 0 Å². The van der Waals surface area contributed by atoms with Crippen LogP contribution in [0, 0.1) is 0 Å². The molecule has 98 valence electrons. The second kappa shape index (κ2) is 6.00. The van der Waals surface area contributed by atoms with Crippen LogP contribution < -0.4 is 0 Å². The van der Waals surface area contributed by atoms with Crippen molar-refractivity contribution < 1.29 is 9.21 Å². The molecular formula is C15H16N2O2. The maximum absolute atomic E-state index is 12.0. The monoisotopic (exact) mass is 256 g/mol. The standard InChI is InChI=1S/C15H16N2O2/c1-3-15(18)17(10-13-7-5-4-6-8-13)12(2)14-9-16-11-19-14/h3-9,11-12H,1,10H2,2H3/t12-/m0/s1. The molecule has 19 heavy (non-hydrogen) atoms. The second-order valence-electron chi connectivity index (χ2n) is 4.24. The molecular weight excluding hydrogens is 240 g/mol. The topological polar surface area (TPSA) is 46.3 Å². The summed E-state index contributed by atoms with van der Waals surface area (Å²) in [6.45, 7) is 5.96. The summed E-state index contributed by atoms with van der Waals surface area (Å²) in [4.78, 5) is 17.6. The summed E-state index contributed by atoms with van der Waals surface area (Å²) in [7, 11) is 0. The zero-order chi connectivity index (χ0) is 13.7. The van der Waals surface area contributed by atoms with E-state index in [1.807, 2.05) is 37.3 Å². The Balaban J connectivity index is 2.21. The Morgan fingerprint density at radius 3 is 2.79 bits per heavy atom. The Bertz CT molecular complexity index is 535. The van der Waals surface area contributed by atoms with Gasteiger partial charge >= 0.3 is 0 Å². The van der Waals surface area contributed by atoms with Gasteiger partial charge in [0.2, 0.25) is 5.91 Å². The highest BCUT2D eigenvalue weighted by Gasteiger charge is 2.22. The van der Waals surface area contributed by atoms with E-state index in [0.29, 0.717) is 12.3 Å². The average Bonchev–Trinajstić information content (AvgIpc) is 2.98. The van der Waals surface area contributed by atoms with Crippen LogP contribution in [0.15, 0.2) is 60.0 Å². The summed E-state index contributed by atoms with van der Waals surface area (Å²) in [5.74, 6) is 0.527. The molecule has 4 heteroatoms. The van der Waals surface area contributed by atoms with Gasteiger partial charge in [0.1, 0.15) is 5.76 Å². The number of carbonyl (C=O) groups is 1. The summed E-state index contributed by atoms with van der Waals surface area (Å²) in [6.07, 6.45) is 4.31. The molecule has 0 saturated carbocycles. The van der Waals surface area contributed by atoms with Crippen LogP contribution in [0.25, 0.3) is 0 Å². The maximum atomic E-state index is 12.0. The summed E-state index contributed by atoms with van der Waals surface area (Å²) in [5, 5.41) is 0. The number of hydrogen-bond donors (Lipinski definition) is 0. The number of nitrogens with zero attached hydrogens (tertiary/aromatic N) is 2. The van der Waals surface area contributed by atoms with E-state index in [1.165, 1.54) is 12.5 Å². The Morgan fingerprint density at radius 1 is 1.47 bits per heavy atom. The van der Waals surface area contributed by atoms with Crippen molar-refractivity contribution in [1.29, 1.82) is 0 Å². The van der Waals surface area contributed by atoms with Gasteiger partial charge in [-0.1, -0.05) is 36.9 Å². The highest BCUT2D eigenvalue weighted by Crippen LogP contribution is 2.22. The van der Waals surface area contributed by atoms with Gasteiger partial charge in [0.15, 0.2) is 6.39 Å². The minimum atomic E-state index is -0.187. The van der Waals surface area contributed by atoms with Crippen molar-refractivity contribution in [2.24, 2.45) is 0 Å². The first kappa shape index (κ1) is 13.1. The molecule has 1 aromatic carbocycles. The van der Waals surface area contributed by atoms with E-state index in [-0.39, 0.29) is 11.9 Å². The molecule has 1 heterocycles. The molecule has 1 atom stereocenters. The molecule has 1 aromatic heterocycles. The van der Waals surface area contributed by atoms with E-state index < -0.39 is 0 Å². The van der Waals surface area contributed by atoms with Crippen LogP contribution in [0.5, 0.6) is 0 Å². The number of oxazole rings is 1. The van der Waals surface area contributed by atoms with Crippen molar-refractivity contribution >= 4 is 5.91 Å². The third-order valence-corrected chi connectivity index (χ3v) is 2.98. The zero-order valence-corrected chi connectivity index (χ0v) is 10.8. The van der Waals surface area contributed by atoms with Crippen LogP contribution in [0.3, 0.4) is 0 Å². The Kier molecular flexibility index (Phi) is 4.13. The number of hydrogen-bond acceptors (Lipinski definition) is 3. The van der Waals surface area contributed by atoms with E-state index >= 15 is 0 Å². The van der Waals surface area contributed by atoms with Gasteiger partial charge in [0.05, 0.1) is 12.2 Å². The highest BCUT2D eigenvalue weighted by molar-refractivity contribution is 5.87. The first-order chi connectivity index (χ1) is 9.22. The molecule has 0 saturated heterocycles. The number of amides is 1. The van der Waals surface area contributed by atoms with E-state index in [0.717, 1.165) is 5.56 Å². The predicted molar refractivity (Wildman–Crippen MR) is 72.1 cm³/mol. The molecule has 0 aliphatic carbocycles. The van der Waals surface area contributed by atoms with E-state index in [1.54, 1.807) is 11.1 Å². The molecule has 2 rings (SSSR count). The Morgan fingerprint density at radius 2 is 2.21 bits per heavy atom. The number of carbonyl (C=O) groups excluding carboxylic acids is 1. The maximum Gasteiger partial charge on any atom is 0.246 e. The molecule has 0 bridgehead atoms. The molecule has 0 aliphatic heterocycles. The molecule has 0 N–H and O–H groups in total. The molecule has 1 amide bonds. The van der Waals surface area contributed by atoms with Gasteiger partial charge in [-0.05, 0) is 18.6 Å². The van der Waals surface area contributed by atoms with E-state index in [9.17, 15) is 4.79 Å².